The standard InChI is InChI=1S/C13H11ClN2S/c1-9(10-4-5-17-8-10)16-13-3-2-12(14)6-11(13)7-15/h2-6,8-9,16H,1H3. The van der Waals surface area contributed by atoms with Gasteiger partial charge in [0.05, 0.1) is 11.3 Å². The van der Waals surface area contributed by atoms with Crippen molar-refractivity contribution >= 4 is 28.6 Å². The molecule has 4 heteroatoms. The van der Waals surface area contributed by atoms with Crippen molar-refractivity contribution in [3.8, 4) is 6.07 Å². The summed E-state index contributed by atoms with van der Waals surface area (Å²) < 4.78 is 0. The number of rotatable bonds is 3. The lowest BCUT2D eigenvalue weighted by Gasteiger charge is -2.15. The number of nitrogens with one attached hydrogen (secondary N) is 1. The summed E-state index contributed by atoms with van der Waals surface area (Å²) >= 11 is 7.52. The van der Waals surface area contributed by atoms with Crippen molar-refractivity contribution in [2.75, 3.05) is 5.32 Å². The molecule has 2 aromatic rings. The molecule has 0 aliphatic heterocycles. The molecule has 1 aromatic carbocycles. The van der Waals surface area contributed by atoms with Gasteiger partial charge < -0.3 is 5.32 Å². The highest BCUT2D eigenvalue weighted by molar-refractivity contribution is 7.07. The van der Waals surface area contributed by atoms with Crippen molar-refractivity contribution in [2.24, 2.45) is 0 Å². The lowest BCUT2D eigenvalue weighted by Crippen LogP contribution is -2.06. The molecule has 2 nitrogen and oxygen atoms in total. The van der Waals surface area contributed by atoms with Crippen LogP contribution in [0.25, 0.3) is 0 Å². The monoisotopic (exact) mass is 262 g/mol. The third kappa shape index (κ3) is 2.79. The van der Waals surface area contributed by atoms with Gasteiger partial charge >= 0.3 is 0 Å². The summed E-state index contributed by atoms with van der Waals surface area (Å²) in [4.78, 5) is 0. The van der Waals surface area contributed by atoms with E-state index in [0.717, 1.165) is 5.69 Å². The summed E-state index contributed by atoms with van der Waals surface area (Å²) in [7, 11) is 0. The van der Waals surface area contributed by atoms with E-state index in [1.165, 1.54) is 5.56 Å². The van der Waals surface area contributed by atoms with Crippen molar-refractivity contribution in [3.63, 3.8) is 0 Å². The molecule has 1 N–H and O–H groups in total. The molecule has 2 rings (SSSR count). The van der Waals surface area contributed by atoms with Gasteiger partial charge in [-0.2, -0.15) is 16.6 Å². The first-order valence-corrected chi connectivity index (χ1v) is 6.51. The van der Waals surface area contributed by atoms with Crippen LogP contribution in [0.4, 0.5) is 5.69 Å². The van der Waals surface area contributed by atoms with Gasteiger partial charge in [-0.15, -0.1) is 0 Å². The van der Waals surface area contributed by atoms with Gasteiger partial charge in [0.2, 0.25) is 0 Å². The number of hydrogen-bond donors (Lipinski definition) is 1. The predicted octanol–water partition coefficient (Wildman–Crippen LogP) is 4.45. The van der Waals surface area contributed by atoms with Crippen LogP contribution < -0.4 is 5.32 Å². The van der Waals surface area contributed by atoms with Crippen molar-refractivity contribution in [1.29, 1.82) is 5.26 Å². The van der Waals surface area contributed by atoms with E-state index in [1.807, 2.05) is 11.4 Å². The van der Waals surface area contributed by atoms with Gasteiger partial charge in [-0.05, 0) is 47.5 Å². The Morgan fingerprint density at radius 1 is 1.41 bits per heavy atom. The highest BCUT2D eigenvalue weighted by Crippen LogP contribution is 2.25. The molecule has 1 heterocycles. The minimum absolute atomic E-state index is 0.175. The first-order chi connectivity index (χ1) is 8.20. The van der Waals surface area contributed by atoms with Crippen molar-refractivity contribution in [2.45, 2.75) is 13.0 Å². The van der Waals surface area contributed by atoms with Crippen LogP contribution in [0.2, 0.25) is 5.02 Å². The minimum atomic E-state index is 0.175. The molecule has 1 aromatic heterocycles. The zero-order valence-electron chi connectivity index (χ0n) is 9.27. The van der Waals surface area contributed by atoms with Crippen LogP contribution in [0.3, 0.4) is 0 Å². The van der Waals surface area contributed by atoms with E-state index in [4.69, 9.17) is 16.9 Å². The summed E-state index contributed by atoms with van der Waals surface area (Å²) in [5, 5.41) is 17.1. The maximum absolute atomic E-state index is 9.04. The van der Waals surface area contributed by atoms with Gasteiger partial charge in [0.1, 0.15) is 6.07 Å². The van der Waals surface area contributed by atoms with E-state index in [2.05, 4.69) is 29.8 Å². The Labute approximate surface area is 109 Å². The van der Waals surface area contributed by atoms with E-state index < -0.39 is 0 Å². The zero-order chi connectivity index (χ0) is 12.3. The van der Waals surface area contributed by atoms with Crippen LogP contribution >= 0.6 is 22.9 Å². The molecule has 0 radical (unpaired) electrons. The van der Waals surface area contributed by atoms with Gasteiger partial charge in [0.15, 0.2) is 0 Å². The molecular formula is C13H11ClN2S. The van der Waals surface area contributed by atoms with Gasteiger partial charge in [-0.1, -0.05) is 11.6 Å². The second kappa shape index (κ2) is 5.22. The Kier molecular flexibility index (Phi) is 3.68. The fourth-order valence-electron chi connectivity index (χ4n) is 1.57. The Bertz CT molecular complexity index is 543. The highest BCUT2D eigenvalue weighted by atomic mass is 35.5. The van der Waals surface area contributed by atoms with Crippen LogP contribution in [0.15, 0.2) is 35.0 Å². The molecule has 86 valence electrons. The van der Waals surface area contributed by atoms with E-state index in [-0.39, 0.29) is 6.04 Å². The molecule has 0 bridgehead atoms. The summed E-state index contributed by atoms with van der Waals surface area (Å²) in [5.41, 5.74) is 2.60. The summed E-state index contributed by atoms with van der Waals surface area (Å²) in [6.07, 6.45) is 0. The number of benzene rings is 1. The largest absolute Gasteiger partial charge is 0.377 e. The van der Waals surface area contributed by atoms with Gasteiger partial charge in [-0.3, -0.25) is 0 Å². The summed E-state index contributed by atoms with van der Waals surface area (Å²) in [6.45, 7) is 2.07. The van der Waals surface area contributed by atoms with Gasteiger partial charge in [-0.25, -0.2) is 0 Å². The maximum atomic E-state index is 9.04. The third-order valence-corrected chi connectivity index (χ3v) is 3.45. The van der Waals surface area contributed by atoms with Crippen molar-refractivity contribution in [1.82, 2.24) is 0 Å². The van der Waals surface area contributed by atoms with Crippen LogP contribution in [-0.4, -0.2) is 0 Å². The average molecular weight is 263 g/mol. The number of thiophene rings is 1. The average Bonchev–Trinajstić information content (AvgIpc) is 2.85. The SMILES string of the molecule is CC(Nc1ccc(Cl)cc1C#N)c1ccsc1. The Morgan fingerprint density at radius 3 is 2.88 bits per heavy atom. The first kappa shape index (κ1) is 12.0. The molecule has 0 spiro atoms. The predicted molar refractivity (Wildman–Crippen MR) is 72.5 cm³/mol. The smallest absolute Gasteiger partial charge is 0.101 e. The fraction of sp³-hybridized carbons (Fsp3) is 0.154. The van der Waals surface area contributed by atoms with E-state index >= 15 is 0 Å². The second-order valence-electron chi connectivity index (χ2n) is 3.72. The summed E-state index contributed by atoms with van der Waals surface area (Å²) in [6, 6.07) is 9.68. The van der Waals surface area contributed by atoms with Crippen LogP contribution in [0.1, 0.15) is 24.1 Å². The number of halogens is 1. The molecule has 17 heavy (non-hydrogen) atoms. The highest BCUT2D eigenvalue weighted by Gasteiger charge is 2.08. The van der Waals surface area contributed by atoms with Crippen LogP contribution in [0, 0.1) is 11.3 Å². The number of anilines is 1. The molecule has 0 fully saturated rings. The fourth-order valence-corrected chi connectivity index (χ4v) is 2.50. The first-order valence-electron chi connectivity index (χ1n) is 5.19. The number of nitrogens with zero attached hydrogens (tertiary/aromatic N) is 1. The van der Waals surface area contributed by atoms with Gasteiger partial charge in [0, 0.05) is 11.1 Å². The van der Waals surface area contributed by atoms with E-state index in [0.29, 0.717) is 10.6 Å². The topological polar surface area (TPSA) is 35.8 Å². The van der Waals surface area contributed by atoms with E-state index in [1.54, 1.807) is 23.5 Å². The Hall–Kier alpha value is -1.50. The molecule has 1 unspecified atom stereocenters. The third-order valence-electron chi connectivity index (χ3n) is 2.52. The number of hydrogen-bond acceptors (Lipinski definition) is 3. The minimum Gasteiger partial charge on any atom is -0.377 e. The van der Waals surface area contributed by atoms with Crippen molar-refractivity contribution < 1.29 is 0 Å². The molecule has 0 aliphatic carbocycles. The quantitative estimate of drug-likeness (QED) is 0.887. The summed E-state index contributed by atoms with van der Waals surface area (Å²) in [5.74, 6) is 0. The number of nitriles is 1. The second-order valence-corrected chi connectivity index (χ2v) is 4.94. The van der Waals surface area contributed by atoms with Crippen molar-refractivity contribution in [3.05, 3.63) is 51.2 Å². The molecule has 0 amide bonds. The zero-order valence-corrected chi connectivity index (χ0v) is 10.8. The van der Waals surface area contributed by atoms with Gasteiger partial charge in [0.25, 0.3) is 0 Å². The lowest BCUT2D eigenvalue weighted by atomic mass is 10.1. The Morgan fingerprint density at radius 2 is 2.24 bits per heavy atom. The lowest BCUT2D eigenvalue weighted by molar-refractivity contribution is 0.890. The molecule has 0 aliphatic rings. The molecule has 0 saturated heterocycles. The molecule has 1 atom stereocenters. The normalized spacial score (nSPS) is 11.8. The van der Waals surface area contributed by atoms with Crippen LogP contribution in [0.5, 0.6) is 0 Å². The van der Waals surface area contributed by atoms with Crippen LogP contribution in [-0.2, 0) is 0 Å². The van der Waals surface area contributed by atoms with E-state index in [9.17, 15) is 0 Å². The molecular weight excluding hydrogens is 252 g/mol. The maximum Gasteiger partial charge on any atom is 0.101 e. The molecule has 0 saturated carbocycles. The Balaban J connectivity index is 2.22.